The first-order chi connectivity index (χ1) is 12.0. The molecule has 132 valence electrons. The zero-order valence-corrected chi connectivity index (χ0v) is 13.8. The van der Waals surface area contributed by atoms with E-state index < -0.39 is 5.97 Å². The number of rotatable bonds is 7. The van der Waals surface area contributed by atoms with Crippen LogP contribution in [0.5, 0.6) is 11.5 Å². The van der Waals surface area contributed by atoms with Gasteiger partial charge in [-0.3, -0.25) is 0 Å². The van der Waals surface area contributed by atoms with E-state index in [0.29, 0.717) is 17.3 Å². The summed E-state index contributed by atoms with van der Waals surface area (Å²) in [6, 6.07) is 8.42. The molecule has 0 atom stereocenters. The summed E-state index contributed by atoms with van der Waals surface area (Å²) in [5, 5.41) is 6.25. The molecule has 0 radical (unpaired) electrons. The number of carbonyl (C=O) groups is 1. The molecule has 0 saturated heterocycles. The lowest BCUT2D eigenvalue weighted by atomic mass is 10.2. The number of nitrogens with zero attached hydrogens (tertiary/aromatic N) is 1. The summed E-state index contributed by atoms with van der Waals surface area (Å²) in [6.07, 6.45) is 1.60. The lowest BCUT2D eigenvalue weighted by Gasteiger charge is -2.09. The smallest absolute Gasteiger partial charge is 0.373 e. The van der Waals surface area contributed by atoms with Crippen LogP contribution in [0, 0.1) is 0 Å². The Hall–Kier alpha value is -3.49. The molecule has 1 aromatic carbocycles. The van der Waals surface area contributed by atoms with Crippen LogP contribution < -0.4 is 26.0 Å². The highest BCUT2D eigenvalue weighted by Crippen LogP contribution is 2.28. The Balaban J connectivity index is 2.06. The molecular formula is C16H19N4O5+. The molecule has 0 saturated carbocycles. The van der Waals surface area contributed by atoms with E-state index in [4.69, 9.17) is 25.4 Å². The number of esters is 1. The third-order valence-corrected chi connectivity index (χ3v) is 3.03. The summed E-state index contributed by atoms with van der Waals surface area (Å²) in [7, 11) is 2.81. The highest BCUT2D eigenvalue weighted by atomic mass is 16.5. The van der Waals surface area contributed by atoms with Crippen molar-refractivity contribution in [2.45, 2.75) is 6.61 Å². The largest absolute Gasteiger partial charge is 0.493 e. The normalized spacial score (nSPS) is 10.5. The number of hydrazone groups is 1. The minimum atomic E-state index is -0.544. The van der Waals surface area contributed by atoms with Crippen LogP contribution in [-0.4, -0.2) is 32.4 Å². The van der Waals surface area contributed by atoms with Crippen molar-refractivity contribution in [2.75, 3.05) is 14.2 Å². The Bertz CT molecular complexity index is 794. The van der Waals surface area contributed by atoms with Crippen LogP contribution in [0.15, 0.2) is 39.9 Å². The van der Waals surface area contributed by atoms with E-state index in [1.807, 2.05) is 0 Å². The third kappa shape index (κ3) is 4.99. The average molecular weight is 347 g/mol. The fraction of sp³-hybridized carbons (Fsp3) is 0.188. The maximum absolute atomic E-state index is 11.4. The Morgan fingerprint density at radius 2 is 2.04 bits per heavy atom. The van der Waals surface area contributed by atoms with Crippen LogP contribution in [0.1, 0.15) is 21.9 Å². The van der Waals surface area contributed by atoms with Gasteiger partial charge >= 0.3 is 5.97 Å². The van der Waals surface area contributed by atoms with Gasteiger partial charge in [0, 0.05) is 10.7 Å². The fourth-order valence-corrected chi connectivity index (χ4v) is 1.89. The second-order valence-electron chi connectivity index (χ2n) is 4.77. The molecule has 1 aromatic heterocycles. The van der Waals surface area contributed by atoms with Crippen molar-refractivity contribution in [1.29, 1.82) is 0 Å². The highest BCUT2D eigenvalue weighted by molar-refractivity contribution is 5.86. The van der Waals surface area contributed by atoms with Crippen LogP contribution >= 0.6 is 0 Å². The monoisotopic (exact) mass is 347 g/mol. The van der Waals surface area contributed by atoms with Crippen LogP contribution in [0.3, 0.4) is 0 Å². The minimum Gasteiger partial charge on any atom is -0.493 e. The van der Waals surface area contributed by atoms with Crippen molar-refractivity contribution in [3.05, 3.63) is 47.4 Å². The first kappa shape index (κ1) is 17.9. The second kappa shape index (κ2) is 8.39. The molecule has 2 rings (SSSR count). The second-order valence-corrected chi connectivity index (χ2v) is 4.77. The summed E-state index contributed by atoms with van der Waals surface area (Å²) in [5.41, 5.74) is 11.2. The summed E-state index contributed by atoms with van der Waals surface area (Å²) >= 11 is 0. The maximum Gasteiger partial charge on any atom is 0.373 e. The number of hydrogen-bond donors (Lipinski definition) is 3. The van der Waals surface area contributed by atoms with Crippen molar-refractivity contribution in [2.24, 2.45) is 16.6 Å². The van der Waals surface area contributed by atoms with Gasteiger partial charge in [-0.2, -0.15) is 0 Å². The Morgan fingerprint density at radius 1 is 1.24 bits per heavy atom. The minimum absolute atomic E-state index is 0.0760. The number of carbonyl (C=O) groups excluding carboxylic acids is 1. The molecule has 0 aliphatic heterocycles. The van der Waals surface area contributed by atoms with Crippen LogP contribution in [-0.2, 0) is 11.3 Å². The molecule has 0 fully saturated rings. The topological polar surface area (TPSA) is 136 Å². The van der Waals surface area contributed by atoms with Crippen LogP contribution in [0.4, 0.5) is 0 Å². The lowest BCUT2D eigenvalue weighted by Crippen LogP contribution is -2.63. The molecular weight excluding hydrogens is 328 g/mol. The Labute approximate surface area is 143 Å². The predicted molar refractivity (Wildman–Crippen MR) is 89.3 cm³/mol. The molecule has 5 N–H and O–H groups in total. The molecule has 0 bridgehead atoms. The van der Waals surface area contributed by atoms with Gasteiger partial charge in [0.1, 0.15) is 12.4 Å². The van der Waals surface area contributed by atoms with E-state index in [9.17, 15) is 4.79 Å². The van der Waals surface area contributed by atoms with Gasteiger partial charge < -0.3 is 30.1 Å². The number of ether oxygens (including phenoxy) is 3. The SMILES string of the molecule is COC(=O)c1ccc(COc2ccc(/C=[NH+]\N=C(N)N)cc2OC)o1. The van der Waals surface area contributed by atoms with E-state index in [2.05, 4.69) is 14.9 Å². The van der Waals surface area contributed by atoms with E-state index in [0.717, 1.165) is 5.56 Å². The molecule has 0 aliphatic rings. The predicted octanol–water partition coefficient (Wildman–Crippen LogP) is -0.658. The summed E-state index contributed by atoms with van der Waals surface area (Å²) < 4.78 is 20.9. The van der Waals surface area contributed by atoms with Crippen molar-refractivity contribution in [1.82, 2.24) is 0 Å². The quantitative estimate of drug-likeness (QED) is 0.262. The maximum atomic E-state index is 11.4. The van der Waals surface area contributed by atoms with E-state index in [1.165, 1.54) is 20.3 Å². The number of methoxy groups -OCH3 is 2. The van der Waals surface area contributed by atoms with Crippen molar-refractivity contribution in [3.8, 4) is 11.5 Å². The molecule has 0 spiro atoms. The number of hydrogen-bond acceptors (Lipinski definition) is 6. The number of guanidine groups is 1. The van der Waals surface area contributed by atoms with Gasteiger partial charge in [0.2, 0.25) is 12.0 Å². The molecule has 2 aromatic rings. The van der Waals surface area contributed by atoms with Gasteiger partial charge in [-0.1, -0.05) is 0 Å². The molecule has 25 heavy (non-hydrogen) atoms. The molecule has 9 nitrogen and oxygen atoms in total. The zero-order chi connectivity index (χ0) is 18.2. The number of nitrogens with two attached hydrogens (primary N) is 2. The summed E-state index contributed by atoms with van der Waals surface area (Å²) in [6.45, 7) is 0.128. The van der Waals surface area contributed by atoms with E-state index in [1.54, 1.807) is 30.5 Å². The average Bonchev–Trinajstić information content (AvgIpc) is 3.08. The standard InChI is InChI=1S/C16H18N4O5/c1-22-14-7-10(8-19-20-16(17)18)3-5-12(14)24-9-11-4-6-13(25-11)15(21)23-2/h3-8H,9H2,1-2H3,(H4,17,18,20)/p+1/b19-8-. The van der Waals surface area contributed by atoms with Gasteiger partial charge in [0.15, 0.2) is 11.5 Å². The Morgan fingerprint density at radius 3 is 2.72 bits per heavy atom. The Kier molecular flexibility index (Phi) is 5.99. The van der Waals surface area contributed by atoms with E-state index in [-0.39, 0.29) is 18.3 Å². The molecule has 0 unspecified atom stereocenters. The summed E-state index contributed by atoms with van der Waals surface area (Å²) in [4.78, 5) is 11.4. The van der Waals surface area contributed by atoms with Gasteiger partial charge in [-0.05, 0) is 30.3 Å². The number of nitrogens with one attached hydrogen (secondary N) is 1. The first-order valence-corrected chi connectivity index (χ1v) is 7.18. The van der Waals surface area contributed by atoms with E-state index >= 15 is 0 Å². The lowest BCUT2D eigenvalue weighted by molar-refractivity contribution is -0.456. The molecule has 9 heteroatoms. The highest BCUT2D eigenvalue weighted by Gasteiger charge is 2.12. The van der Waals surface area contributed by atoms with Crippen LogP contribution in [0.25, 0.3) is 0 Å². The van der Waals surface area contributed by atoms with Crippen LogP contribution in [0.2, 0.25) is 0 Å². The number of furan rings is 1. The molecule has 0 amide bonds. The number of benzene rings is 1. The zero-order valence-electron chi connectivity index (χ0n) is 13.8. The molecule has 1 heterocycles. The third-order valence-electron chi connectivity index (χ3n) is 3.03. The van der Waals surface area contributed by atoms with Gasteiger partial charge in [0.25, 0.3) is 5.96 Å². The van der Waals surface area contributed by atoms with Gasteiger partial charge in [-0.25, -0.2) is 4.79 Å². The van der Waals surface area contributed by atoms with Crippen molar-refractivity contribution in [3.63, 3.8) is 0 Å². The van der Waals surface area contributed by atoms with Crippen molar-refractivity contribution < 1.29 is 28.5 Å². The van der Waals surface area contributed by atoms with Gasteiger partial charge in [-0.15, -0.1) is 5.10 Å². The van der Waals surface area contributed by atoms with Gasteiger partial charge in [0.05, 0.1) is 14.2 Å². The fourth-order valence-electron chi connectivity index (χ4n) is 1.89. The van der Waals surface area contributed by atoms with Crippen molar-refractivity contribution >= 4 is 18.1 Å². The first-order valence-electron chi connectivity index (χ1n) is 7.18. The molecule has 0 aliphatic carbocycles. The summed E-state index contributed by atoms with van der Waals surface area (Å²) in [5.74, 6) is 0.999.